The molecule has 0 saturated carbocycles. The molecule has 1 aromatic rings. The molecule has 0 aromatic carbocycles. The van der Waals surface area contributed by atoms with Crippen molar-refractivity contribution in [2.45, 2.75) is 20.4 Å². The van der Waals surface area contributed by atoms with Gasteiger partial charge >= 0.3 is 5.97 Å². The van der Waals surface area contributed by atoms with Gasteiger partial charge in [0.1, 0.15) is 11.3 Å². The number of methoxy groups -OCH3 is 1. The monoisotopic (exact) mass is 268 g/mol. The second kappa shape index (κ2) is 7.58. The summed E-state index contributed by atoms with van der Waals surface area (Å²) >= 11 is 0. The van der Waals surface area contributed by atoms with E-state index in [4.69, 9.17) is 4.42 Å². The molecule has 0 saturated heterocycles. The zero-order chi connectivity index (χ0) is 14.3. The SMILES string of the molecule is CCNC(=O)CN(CC)Cc1occc1C(=O)OC. The number of carbonyl (C=O) groups is 2. The Morgan fingerprint density at radius 2 is 2.16 bits per heavy atom. The number of furan rings is 1. The second-order valence-electron chi connectivity index (χ2n) is 4.01. The van der Waals surface area contributed by atoms with Crippen LogP contribution in [0.15, 0.2) is 16.7 Å². The zero-order valence-corrected chi connectivity index (χ0v) is 11.6. The predicted molar refractivity (Wildman–Crippen MR) is 69.7 cm³/mol. The van der Waals surface area contributed by atoms with Crippen molar-refractivity contribution < 1.29 is 18.7 Å². The average molecular weight is 268 g/mol. The van der Waals surface area contributed by atoms with Crippen LogP contribution in [0.1, 0.15) is 30.0 Å². The normalized spacial score (nSPS) is 10.5. The van der Waals surface area contributed by atoms with E-state index in [0.717, 1.165) is 0 Å². The number of nitrogens with one attached hydrogen (secondary N) is 1. The van der Waals surface area contributed by atoms with Crippen LogP contribution in [0.25, 0.3) is 0 Å². The smallest absolute Gasteiger partial charge is 0.341 e. The fourth-order valence-corrected chi connectivity index (χ4v) is 1.69. The van der Waals surface area contributed by atoms with Crippen molar-refractivity contribution in [1.82, 2.24) is 10.2 Å². The summed E-state index contributed by atoms with van der Waals surface area (Å²) in [7, 11) is 1.32. The minimum Gasteiger partial charge on any atom is -0.467 e. The summed E-state index contributed by atoms with van der Waals surface area (Å²) in [4.78, 5) is 24.9. The highest BCUT2D eigenvalue weighted by atomic mass is 16.5. The van der Waals surface area contributed by atoms with Gasteiger partial charge in [-0.2, -0.15) is 0 Å². The summed E-state index contributed by atoms with van der Waals surface area (Å²) in [6.07, 6.45) is 1.45. The first-order valence-corrected chi connectivity index (χ1v) is 6.26. The molecule has 1 aromatic heterocycles. The van der Waals surface area contributed by atoms with Crippen LogP contribution < -0.4 is 5.32 Å². The molecule has 0 bridgehead atoms. The van der Waals surface area contributed by atoms with Crippen molar-refractivity contribution in [1.29, 1.82) is 0 Å². The van der Waals surface area contributed by atoms with Gasteiger partial charge in [-0.15, -0.1) is 0 Å². The average Bonchev–Trinajstić information content (AvgIpc) is 2.85. The van der Waals surface area contributed by atoms with Gasteiger partial charge in [0, 0.05) is 6.54 Å². The van der Waals surface area contributed by atoms with Crippen LogP contribution in [0.5, 0.6) is 0 Å². The molecule has 0 radical (unpaired) electrons. The van der Waals surface area contributed by atoms with Gasteiger partial charge in [0.15, 0.2) is 0 Å². The summed E-state index contributed by atoms with van der Waals surface area (Å²) in [5.74, 6) is 0.0336. The maximum absolute atomic E-state index is 11.5. The molecular weight excluding hydrogens is 248 g/mol. The largest absolute Gasteiger partial charge is 0.467 e. The lowest BCUT2D eigenvalue weighted by Crippen LogP contribution is -2.36. The Balaban J connectivity index is 2.68. The van der Waals surface area contributed by atoms with Gasteiger partial charge in [-0.3, -0.25) is 9.69 Å². The van der Waals surface area contributed by atoms with Gasteiger partial charge in [0.2, 0.25) is 5.91 Å². The third kappa shape index (κ3) is 4.40. The summed E-state index contributed by atoms with van der Waals surface area (Å²) in [5, 5.41) is 2.74. The number of nitrogens with zero attached hydrogens (tertiary/aromatic N) is 1. The number of hydrogen-bond donors (Lipinski definition) is 1. The number of rotatable bonds is 7. The lowest BCUT2D eigenvalue weighted by Gasteiger charge is -2.18. The molecule has 1 amide bonds. The third-order valence-corrected chi connectivity index (χ3v) is 2.71. The minimum absolute atomic E-state index is 0.0458. The van der Waals surface area contributed by atoms with Crippen LogP contribution in [0.2, 0.25) is 0 Å². The van der Waals surface area contributed by atoms with Gasteiger partial charge in [-0.25, -0.2) is 4.79 Å². The van der Waals surface area contributed by atoms with Crippen molar-refractivity contribution in [3.8, 4) is 0 Å². The van der Waals surface area contributed by atoms with Crippen LogP contribution in [0, 0.1) is 0 Å². The molecule has 6 nitrogen and oxygen atoms in total. The first kappa shape index (κ1) is 15.2. The molecule has 1 rings (SSSR count). The van der Waals surface area contributed by atoms with E-state index in [1.807, 2.05) is 18.7 Å². The number of ether oxygens (including phenoxy) is 1. The van der Waals surface area contributed by atoms with Crippen molar-refractivity contribution >= 4 is 11.9 Å². The van der Waals surface area contributed by atoms with Gasteiger partial charge in [-0.05, 0) is 19.5 Å². The number of carbonyl (C=O) groups excluding carboxylic acids is 2. The molecule has 0 aliphatic carbocycles. The topological polar surface area (TPSA) is 71.8 Å². The van der Waals surface area contributed by atoms with Crippen molar-refractivity contribution in [3.63, 3.8) is 0 Å². The van der Waals surface area contributed by atoms with E-state index in [-0.39, 0.29) is 12.5 Å². The van der Waals surface area contributed by atoms with E-state index in [0.29, 0.717) is 31.0 Å². The molecule has 1 heterocycles. The fourth-order valence-electron chi connectivity index (χ4n) is 1.69. The van der Waals surface area contributed by atoms with Crippen LogP contribution in [-0.2, 0) is 16.1 Å². The third-order valence-electron chi connectivity index (χ3n) is 2.71. The van der Waals surface area contributed by atoms with Gasteiger partial charge < -0.3 is 14.5 Å². The summed E-state index contributed by atoms with van der Waals surface area (Å²) in [5.41, 5.74) is 0.400. The van der Waals surface area contributed by atoms with Crippen LogP contribution >= 0.6 is 0 Å². The van der Waals surface area contributed by atoms with Gasteiger partial charge in [0.25, 0.3) is 0 Å². The Kier molecular flexibility index (Phi) is 6.08. The molecule has 6 heteroatoms. The maximum Gasteiger partial charge on any atom is 0.341 e. The predicted octanol–water partition coefficient (Wildman–Crippen LogP) is 1.02. The Hall–Kier alpha value is -1.82. The zero-order valence-electron chi connectivity index (χ0n) is 11.6. The Bertz CT molecular complexity index is 428. The van der Waals surface area contributed by atoms with Crippen molar-refractivity contribution in [3.05, 3.63) is 23.7 Å². The van der Waals surface area contributed by atoms with Crippen LogP contribution in [0.3, 0.4) is 0 Å². The molecule has 0 aliphatic heterocycles. The summed E-state index contributed by atoms with van der Waals surface area (Å²) < 4.78 is 9.96. The Morgan fingerprint density at radius 3 is 2.74 bits per heavy atom. The van der Waals surface area contributed by atoms with Crippen LogP contribution in [-0.4, -0.2) is 43.5 Å². The van der Waals surface area contributed by atoms with Crippen LogP contribution in [0.4, 0.5) is 0 Å². The van der Waals surface area contributed by atoms with E-state index in [1.54, 1.807) is 6.07 Å². The molecule has 0 spiro atoms. The lowest BCUT2D eigenvalue weighted by atomic mass is 10.2. The molecule has 0 aliphatic rings. The maximum atomic E-state index is 11.5. The molecule has 19 heavy (non-hydrogen) atoms. The number of esters is 1. The molecule has 0 unspecified atom stereocenters. The van der Waals surface area contributed by atoms with E-state index in [2.05, 4.69) is 10.1 Å². The van der Waals surface area contributed by atoms with E-state index in [1.165, 1.54) is 13.4 Å². The van der Waals surface area contributed by atoms with Gasteiger partial charge in [-0.1, -0.05) is 6.92 Å². The summed E-state index contributed by atoms with van der Waals surface area (Å²) in [6, 6.07) is 1.57. The molecule has 0 fully saturated rings. The minimum atomic E-state index is -0.433. The first-order chi connectivity index (χ1) is 9.12. The molecule has 0 atom stereocenters. The second-order valence-corrected chi connectivity index (χ2v) is 4.01. The van der Waals surface area contributed by atoms with Crippen molar-refractivity contribution in [2.24, 2.45) is 0 Å². The molecule has 106 valence electrons. The Labute approximate surface area is 112 Å². The molecule has 1 N–H and O–H groups in total. The Morgan fingerprint density at radius 1 is 1.42 bits per heavy atom. The highest BCUT2D eigenvalue weighted by Crippen LogP contribution is 2.14. The molecular formula is C13H20N2O4. The fraction of sp³-hybridized carbons (Fsp3) is 0.538. The van der Waals surface area contributed by atoms with Crippen molar-refractivity contribution in [2.75, 3.05) is 26.7 Å². The summed E-state index contributed by atoms with van der Waals surface area (Å²) in [6.45, 7) is 5.76. The quantitative estimate of drug-likeness (QED) is 0.748. The highest BCUT2D eigenvalue weighted by molar-refractivity contribution is 5.90. The number of hydrogen-bond acceptors (Lipinski definition) is 5. The number of amides is 1. The van der Waals surface area contributed by atoms with E-state index >= 15 is 0 Å². The standard InChI is InChI=1S/C13H20N2O4/c1-4-14-12(16)9-15(5-2)8-11-10(6-7-19-11)13(17)18-3/h6-7H,4-5,8-9H2,1-3H3,(H,14,16). The van der Waals surface area contributed by atoms with E-state index < -0.39 is 5.97 Å². The number of likely N-dealkylation sites (N-methyl/N-ethyl adjacent to an activating group) is 2. The van der Waals surface area contributed by atoms with Gasteiger partial charge in [0.05, 0.1) is 26.5 Å². The first-order valence-electron chi connectivity index (χ1n) is 6.26. The van der Waals surface area contributed by atoms with E-state index in [9.17, 15) is 9.59 Å². The lowest BCUT2D eigenvalue weighted by molar-refractivity contribution is -0.122. The highest BCUT2D eigenvalue weighted by Gasteiger charge is 2.18.